The Morgan fingerprint density at radius 3 is 2.16 bits per heavy atom. The highest BCUT2D eigenvalue weighted by Gasteiger charge is 2.35. The van der Waals surface area contributed by atoms with Crippen LogP contribution in [0.5, 0.6) is 5.75 Å². The number of rotatable bonds is 11. The van der Waals surface area contributed by atoms with E-state index in [1.54, 1.807) is 52.1 Å². The molecule has 2 atom stereocenters. The number of unbranched alkanes of at least 4 members (excludes halogenated alkanes) is 1. The smallest absolute Gasteiger partial charge is 0.408 e. The SMILES string of the molecule is CCCCN(C(=O)C(CS)NC(=O)OC(C)(C)C)C(C(=O)Nc1ccc(OC)cc1)c1ccc(C)cc1. The Kier molecular flexibility index (Phi) is 11.3. The predicted octanol–water partition coefficient (Wildman–Crippen LogP) is 5.14. The Balaban J connectivity index is 2.43. The number of benzene rings is 2. The Morgan fingerprint density at radius 1 is 1.03 bits per heavy atom. The number of aryl methyl sites for hydroxylation is 1. The van der Waals surface area contributed by atoms with E-state index in [1.807, 2.05) is 38.1 Å². The molecule has 0 aliphatic heterocycles. The number of thiol groups is 1. The van der Waals surface area contributed by atoms with Crippen molar-refractivity contribution in [3.05, 3.63) is 59.7 Å². The van der Waals surface area contributed by atoms with Gasteiger partial charge in [0.05, 0.1) is 7.11 Å². The first-order valence-electron chi connectivity index (χ1n) is 12.4. The van der Waals surface area contributed by atoms with E-state index in [0.29, 0.717) is 30.0 Å². The first-order chi connectivity index (χ1) is 17.5. The van der Waals surface area contributed by atoms with Crippen molar-refractivity contribution in [3.8, 4) is 5.75 Å². The molecule has 2 N–H and O–H groups in total. The zero-order valence-corrected chi connectivity index (χ0v) is 23.4. The Hall–Kier alpha value is -3.20. The van der Waals surface area contributed by atoms with Crippen LogP contribution in [0.4, 0.5) is 10.5 Å². The number of amides is 3. The molecule has 0 bridgehead atoms. The summed E-state index contributed by atoms with van der Waals surface area (Å²) >= 11 is 4.32. The van der Waals surface area contributed by atoms with E-state index in [2.05, 4.69) is 23.3 Å². The second kappa shape index (κ2) is 13.9. The van der Waals surface area contributed by atoms with Crippen LogP contribution in [-0.2, 0) is 14.3 Å². The third-order valence-corrected chi connectivity index (χ3v) is 5.88. The molecule has 0 aromatic heterocycles. The van der Waals surface area contributed by atoms with Gasteiger partial charge in [-0.3, -0.25) is 9.59 Å². The normalized spacial score (nSPS) is 12.7. The van der Waals surface area contributed by atoms with Gasteiger partial charge in [0.15, 0.2) is 0 Å². The number of carbonyl (C=O) groups is 3. The maximum atomic E-state index is 13.8. The van der Waals surface area contributed by atoms with Crippen LogP contribution in [0.15, 0.2) is 48.5 Å². The van der Waals surface area contributed by atoms with E-state index in [4.69, 9.17) is 9.47 Å². The lowest BCUT2D eigenvalue weighted by Gasteiger charge is -2.34. The van der Waals surface area contributed by atoms with Crippen LogP contribution in [0.3, 0.4) is 0 Å². The second-order valence-electron chi connectivity index (χ2n) is 9.80. The molecule has 0 saturated carbocycles. The summed E-state index contributed by atoms with van der Waals surface area (Å²) in [4.78, 5) is 41.5. The molecule has 0 aliphatic carbocycles. The summed E-state index contributed by atoms with van der Waals surface area (Å²) < 4.78 is 10.5. The molecular weight excluding hydrogens is 490 g/mol. The van der Waals surface area contributed by atoms with Crippen LogP contribution in [-0.4, -0.2) is 53.9 Å². The van der Waals surface area contributed by atoms with Gasteiger partial charge < -0.3 is 25.0 Å². The molecule has 2 aromatic carbocycles. The molecule has 2 unspecified atom stereocenters. The molecule has 37 heavy (non-hydrogen) atoms. The maximum absolute atomic E-state index is 13.8. The standard InChI is InChI=1S/C28H39N3O5S/c1-7-8-17-31(26(33)23(18-37)30-27(34)36-28(3,4)5)24(20-11-9-19(2)10-12-20)25(32)29-21-13-15-22(35-6)16-14-21/h9-16,23-24,37H,7-8,17-18H2,1-6H3,(H,29,32)(H,30,34). The number of carbonyl (C=O) groups excluding carboxylic acids is 3. The summed E-state index contributed by atoms with van der Waals surface area (Å²) in [6.45, 7) is 9.52. The monoisotopic (exact) mass is 529 g/mol. The van der Waals surface area contributed by atoms with Gasteiger partial charge in [0.2, 0.25) is 5.91 Å². The topological polar surface area (TPSA) is 97.0 Å². The van der Waals surface area contributed by atoms with Crippen molar-refractivity contribution in [1.29, 1.82) is 0 Å². The van der Waals surface area contributed by atoms with Crippen molar-refractivity contribution in [3.63, 3.8) is 0 Å². The van der Waals surface area contributed by atoms with E-state index in [1.165, 1.54) is 4.90 Å². The molecule has 0 saturated heterocycles. The van der Waals surface area contributed by atoms with E-state index in [0.717, 1.165) is 12.0 Å². The molecule has 0 aliphatic rings. The number of hydrogen-bond acceptors (Lipinski definition) is 6. The lowest BCUT2D eigenvalue weighted by atomic mass is 10.0. The van der Waals surface area contributed by atoms with Crippen LogP contribution in [0.25, 0.3) is 0 Å². The minimum atomic E-state index is -0.975. The van der Waals surface area contributed by atoms with Crippen LogP contribution < -0.4 is 15.4 Å². The summed E-state index contributed by atoms with van der Waals surface area (Å²) in [6.07, 6.45) is 0.774. The number of alkyl carbamates (subject to hydrolysis) is 1. The van der Waals surface area contributed by atoms with Gasteiger partial charge in [0, 0.05) is 18.0 Å². The van der Waals surface area contributed by atoms with Crippen LogP contribution in [0, 0.1) is 6.92 Å². The third-order valence-electron chi connectivity index (χ3n) is 5.52. The lowest BCUT2D eigenvalue weighted by molar-refractivity contribution is -0.140. The maximum Gasteiger partial charge on any atom is 0.408 e. The second-order valence-corrected chi connectivity index (χ2v) is 10.2. The highest BCUT2D eigenvalue weighted by molar-refractivity contribution is 7.80. The number of methoxy groups -OCH3 is 1. The van der Waals surface area contributed by atoms with Crippen molar-refractivity contribution >= 4 is 36.2 Å². The molecule has 202 valence electrons. The molecule has 2 rings (SSSR count). The molecule has 8 nitrogen and oxygen atoms in total. The van der Waals surface area contributed by atoms with Crippen molar-refractivity contribution in [2.24, 2.45) is 0 Å². The number of nitrogens with zero attached hydrogens (tertiary/aromatic N) is 1. The first kappa shape index (κ1) is 30.0. The fourth-order valence-corrected chi connectivity index (χ4v) is 3.88. The molecular formula is C28H39N3O5S. The van der Waals surface area contributed by atoms with Crippen molar-refractivity contribution in [2.75, 3.05) is 24.7 Å². The van der Waals surface area contributed by atoms with Gasteiger partial charge in [-0.05, 0) is 63.9 Å². The van der Waals surface area contributed by atoms with E-state index in [-0.39, 0.29) is 11.7 Å². The van der Waals surface area contributed by atoms with Gasteiger partial charge in [-0.15, -0.1) is 0 Å². The van der Waals surface area contributed by atoms with Crippen molar-refractivity contribution in [1.82, 2.24) is 10.2 Å². The fraction of sp³-hybridized carbons (Fsp3) is 0.464. The molecule has 9 heteroatoms. The van der Waals surface area contributed by atoms with Crippen LogP contribution >= 0.6 is 12.6 Å². The molecule has 0 spiro atoms. The molecule has 0 heterocycles. The number of ether oxygens (including phenoxy) is 2. The van der Waals surface area contributed by atoms with Crippen LogP contribution in [0.2, 0.25) is 0 Å². The molecule has 0 fully saturated rings. The summed E-state index contributed by atoms with van der Waals surface area (Å²) in [6, 6.07) is 12.6. The zero-order valence-electron chi connectivity index (χ0n) is 22.5. The predicted molar refractivity (Wildman–Crippen MR) is 149 cm³/mol. The van der Waals surface area contributed by atoms with Gasteiger partial charge >= 0.3 is 6.09 Å². The summed E-state index contributed by atoms with van der Waals surface area (Å²) in [7, 11) is 1.57. The van der Waals surface area contributed by atoms with Crippen molar-refractivity contribution < 1.29 is 23.9 Å². The quantitative estimate of drug-likeness (QED) is 0.351. The van der Waals surface area contributed by atoms with Gasteiger partial charge in [-0.2, -0.15) is 12.6 Å². The van der Waals surface area contributed by atoms with Gasteiger partial charge in [-0.25, -0.2) is 4.79 Å². The highest BCUT2D eigenvalue weighted by atomic mass is 32.1. The van der Waals surface area contributed by atoms with Gasteiger partial charge in [-0.1, -0.05) is 43.2 Å². The minimum Gasteiger partial charge on any atom is -0.497 e. The average molecular weight is 530 g/mol. The Bertz CT molecular complexity index is 1040. The lowest BCUT2D eigenvalue weighted by Crippen LogP contribution is -2.53. The van der Waals surface area contributed by atoms with Gasteiger partial charge in [0.1, 0.15) is 23.4 Å². The third kappa shape index (κ3) is 9.31. The molecule has 0 radical (unpaired) electrons. The fourth-order valence-electron chi connectivity index (χ4n) is 3.64. The molecule has 2 aromatic rings. The van der Waals surface area contributed by atoms with Crippen molar-refractivity contribution in [2.45, 2.75) is 65.1 Å². The Morgan fingerprint density at radius 2 is 1.65 bits per heavy atom. The number of anilines is 1. The average Bonchev–Trinajstić information content (AvgIpc) is 2.84. The van der Waals surface area contributed by atoms with E-state index < -0.39 is 29.7 Å². The number of hydrogen-bond donors (Lipinski definition) is 3. The summed E-state index contributed by atoms with van der Waals surface area (Å²) in [5.74, 6) is -0.0717. The molecule has 3 amide bonds. The minimum absolute atomic E-state index is 0.0431. The highest BCUT2D eigenvalue weighted by Crippen LogP contribution is 2.26. The Labute approximate surface area is 225 Å². The van der Waals surface area contributed by atoms with Crippen LogP contribution in [0.1, 0.15) is 57.7 Å². The van der Waals surface area contributed by atoms with E-state index in [9.17, 15) is 14.4 Å². The summed E-state index contributed by atoms with van der Waals surface area (Å²) in [5.41, 5.74) is 1.54. The summed E-state index contributed by atoms with van der Waals surface area (Å²) in [5, 5.41) is 5.55. The zero-order chi connectivity index (χ0) is 27.6. The largest absolute Gasteiger partial charge is 0.497 e. The van der Waals surface area contributed by atoms with Gasteiger partial charge in [0.25, 0.3) is 5.91 Å². The number of nitrogens with one attached hydrogen (secondary N) is 2. The van der Waals surface area contributed by atoms with E-state index >= 15 is 0 Å². The first-order valence-corrected chi connectivity index (χ1v) is 13.0.